The zero-order chi connectivity index (χ0) is 18.9. The number of aryl methyl sites for hydroxylation is 1. The third kappa shape index (κ3) is 3.79. The molecule has 0 bridgehead atoms. The van der Waals surface area contributed by atoms with Gasteiger partial charge in [-0.1, -0.05) is 0 Å². The average Bonchev–Trinajstić information content (AvgIpc) is 3.24. The second kappa shape index (κ2) is 7.56. The van der Waals surface area contributed by atoms with Crippen molar-refractivity contribution in [2.45, 2.75) is 36.9 Å². The quantitative estimate of drug-likeness (QED) is 0.653. The van der Waals surface area contributed by atoms with E-state index in [1.54, 1.807) is 29.7 Å². The molecule has 2 aliphatic rings. The first-order chi connectivity index (χ1) is 13.0. The van der Waals surface area contributed by atoms with Crippen LogP contribution in [0.2, 0.25) is 0 Å². The lowest BCUT2D eigenvalue weighted by Crippen LogP contribution is -2.65. The fourth-order valence-corrected chi connectivity index (χ4v) is 5.91. The molecule has 2 saturated heterocycles. The molecule has 0 aromatic carbocycles. The average molecular weight is 410 g/mol. The molecular formula is C18H23N3O4S2. The van der Waals surface area contributed by atoms with Crippen molar-refractivity contribution in [2.24, 2.45) is 5.92 Å². The molecule has 2 aliphatic heterocycles. The van der Waals surface area contributed by atoms with Crippen LogP contribution in [0.25, 0.3) is 0 Å². The van der Waals surface area contributed by atoms with Crippen molar-refractivity contribution >= 4 is 21.4 Å². The standard InChI is InChI=1S/C18H23N3O4S2/c1-14-20-16(11-26-14)10-24-7-4-15-5-8-25-18(15)12-21(13-18)27(22,23)17-3-2-6-19-9-17/h2-3,6,9,11,15H,4-5,7-8,10,12-13H2,1H3/t15-/m0/s1. The van der Waals surface area contributed by atoms with Crippen LogP contribution in [0.15, 0.2) is 34.8 Å². The zero-order valence-electron chi connectivity index (χ0n) is 15.2. The van der Waals surface area contributed by atoms with Gasteiger partial charge in [0.25, 0.3) is 0 Å². The highest BCUT2D eigenvalue weighted by Crippen LogP contribution is 2.43. The Morgan fingerprint density at radius 2 is 2.30 bits per heavy atom. The Morgan fingerprint density at radius 1 is 1.44 bits per heavy atom. The molecule has 2 fully saturated rings. The van der Waals surface area contributed by atoms with Crippen molar-refractivity contribution in [2.75, 3.05) is 26.3 Å². The highest BCUT2D eigenvalue weighted by Gasteiger charge is 2.56. The van der Waals surface area contributed by atoms with Crippen LogP contribution in [-0.2, 0) is 26.1 Å². The first-order valence-corrected chi connectivity index (χ1v) is 11.3. The molecule has 4 heterocycles. The molecular weight excluding hydrogens is 386 g/mol. The van der Waals surface area contributed by atoms with Crippen molar-refractivity contribution < 1.29 is 17.9 Å². The summed E-state index contributed by atoms with van der Waals surface area (Å²) in [5, 5.41) is 3.06. The van der Waals surface area contributed by atoms with Gasteiger partial charge in [-0.2, -0.15) is 4.31 Å². The number of hydrogen-bond donors (Lipinski definition) is 0. The van der Waals surface area contributed by atoms with E-state index in [2.05, 4.69) is 9.97 Å². The van der Waals surface area contributed by atoms with Crippen LogP contribution in [-0.4, -0.2) is 54.6 Å². The van der Waals surface area contributed by atoms with Gasteiger partial charge in [-0.15, -0.1) is 11.3 Å². The van der Waals surface area contributed by atoms with Gasteiger partial charge in [0.05, 0.1) is 22.9 Å². The minimum atomic E-state index is -3.50. The van der Waals surface area contributed by atoms with Crippen LogP contribution in [0.5, 0.6) is 0 Å². The summed E-state index contributed by atoms with van der Waals surface area (Å²) in [4.78, 5) is 8.54. The monoisotopic (exact) mass is 409 g/mol. The summed E-state index contributed by atoms with van der Waals surface area (Å²) in [6.45, 7) is 4.61. The van der Waals surface area contributed by atoms with Gasteiger partial charge >= 0.3 is 0 Å². The second-order valence-corrected chi connectivity index (χ2v) is 10.1. The van der Waals surface area contributed by atoms with Crippen LogP contribution >= 0.6 is 11.3 Å². The zero-order valence-corrected chi connectivity index (χ0v) is 16.8. The molecule has 27 heavy (non-hydrogen) atoms. The number of rotatable bonds is 7. The topological polar surface area (TPSA) is 81.6 Å². The highest BCUT2D eigenvalue weighted by molar-refractivity contribution is 7.89. The van der Waals surface area contributed by atoms with E-state index in [0.717, 1.165) is 23.5 Å². The van der Waals surface area contributed by atoms with E-state index in [-0.39, 0.29) is 10.5 Å². The van der Waals surface area contributed by atoms with E-state index < -0.39 is 10.0 Å². The summed E-state index contributed by atoms with van der Waals surface area (Å²) >= 11 is 1.62. The molecule has 0 unspecified atom stereocenters. The van der Waals surface area contributed by atoms with Gasteiger partial charge in [-0.3, -0.25) is 4.98 Å². The second-order valence-electron chi connectivity index (χ2n) is 7.06. The molecule has 0 N–H and O–H groups in total. The molecule has 7 nitrogen and oxygen atoms in total. The van der Waals surface area contributed by atoms with Crippen LogP contribution in [0, 0.1) is 12.8 Å². The van der Waals surface area contributed by atoms with Crippen molar-refractivity contribution in [1.82, 2.24) is 14.3 Å². The first-order valence-electron chi connectivity index (χ1n) is 9.02. The number of sulfonamides is 1. The van der Waals surface area contributed by atoms with Crippen molar-refractivity contribution in [3.05, 3.63) is 40.6 Å². The smallest absolute Gasteiger partial charge is 0.244 e. The first kappa shape index (κ1) is 18.9. The lowest BCUT2D eigenvalue weighted by atomic mass is 9.80. The van der Waals surface area contributed by atoms with Gasteiger partial charge < -0.3 is 9.47 Å². The van der Waals surface area contributed by atoms with Crippen LogP contribution in [0.3, 0.4) is 0 Å². The van der Waals surface area contributed by atoms with E-state index in [1.807, 2.05) is 12.3 Å². The van der Waals surface area contributed by atoms with E-state index in [1.165, 1.54) is 10.5 Å². The molecule has 0 aliphatic carbocycles. The Hall–Kier alpha value is -1.39. The summed E-state index contributed by atoms with van der Waals surface area (Å²) < 4.78 is 38.6. The third-order valence-corrected chi connectivity index (χ3v) is 7.88. The maximum atomic E-state index is 12.7. The lowest BCUT2D eigenvalue weighted by molar-refractivity contribution is -0.106. The Balaban J connectivity index is 1.30. The summed E-state index contributed by atoms with van der Waals surface area (Å²) in [5.74, 6) is 0.315. The van der Waals surface area contributed by atoms with Crippen molar-refractivity contribution in [1.29, 1.82) is 0 Å². The van der Waals surface area contributed by atoms with Crippen molar-refractivity contribution in [3.63, 3.8) is 0 Å². The molecule has 0 radical (unpaired) electrons. The molecule has 2 aromatic rings. The Labute approximate surface area is 163 Å². The van der Waals surface area contributed by atoms with E-state index in [4.69, 9.17) is 9.47 Å². The molecule has 0 saturated carbocycles. The number of ether oxygens (including phenoxy) is 2. The van der Waals surface area contributed by atoms with Gasteiger partial charge in [-0.25, -0.2) is 13.4 Å². The Morgan fingerprint density at radius 3 is 3.00 bits per heavy atom. The summed E-state index contributed by atoms with van der Waals surface area (Å²) in [6.07, 6.45) is 4.77. The van der Waals surface area contributed by atoms with Crippen molar-refractivity contribution in [3.8, 4) is 0 Å². The SMILES string of the molecule is Cc1nc(COCC[C@H]2CCOC23CN(S(=O)(=O)c2cccnc2)C3)cs1. The third-order valence-electron chi connectivity index (χ3n) is 5.29. The highest BCUT2D eigenvalue weighted by atomic mass is 32.2. The molecule has 1 spiro atoms. The summed E-state index contributed by atoms with van der Waals surface area (Å²) in [7, 11) is -3.50. The Bertz CT molecular complexity index is 879. The maximum absolute atomic E-state index is 12.7. The number of pyridine rings is 1. The number of aromatic nitrogens is 2. The molecule has 9 heteroatoms. The van der Waals surface area contributed by atoms with Crippen LogP contribution in [0.1, 0.15) is 23.5 Å². The summed E-state index contributed by atoms with van der Waals surface area (Å²) in [5.41, 5.74) is 0.600. The fourth-order valence-electron chi connectivity index (χ4n) is 3.79. The number of nitrogens with zero attached hydrogens (tertiary/aromatic N) is 3. The van der Waals surface area contributed by atoms with Gasteiger partial charge in [0.1, 0.15) is 4.90 Å². The lowest BCUT2D eigenvalue weighted by Gasteiger charge is -2.49. The molecule has 4 rings (SSSR count). The van der Waals surface area contributed by atoms with Gasteiger partial charge in [0.2, 0.25) is 10.0 Å². The maximum Gasteiger partial charge on any atom is 0.244 e. The van der Waals surface area contributed by atoms with E-state index in [0.29, 0.717) is 38.8 Å². The van der Waals surface area contributed by atoms with Gasteiger partial charge in [-0.05, 0) is 37.8 Å². The molecule has 0 amide bonds. The molecule has 146 valence electrons. The van der Waals surface area contributed by atoms with Crippen LogP contribution < -0.4 is 0 Å². The predicted molar refractivity (Wildman–Crippen MR) is 101 cm³/mol. The van der Waals surface area contributed by atoms with E-state index >= 15 is 0 Å². The normalized spacial score (nSPS) is 22.2. The molecule has 2 aromatic heterocycles. The summed E-state index contributed by atoms with van der Waals surface area (Å²) in [6, 6.07) is 3.22. The fraction of sp³-hybridized carbons (Fsp3) is 0.556. The molecule has 1 atom stereocenters. The number of hydrogen-bond acceptors (Lipinski definition) is 7. The minimum absolute atomic E-state index is 0.233. The van der Waals surface area contributed by atoms with Gasteiger partial charge in [0, 0.05) is 44.1 Å². The van der Waals surface area contributed by atoms with E-state index in [9.17, 15) is 8.42 Å². The van der Waals surface area contributed by atoms with Crippen LogP contribution in [0.4, 0.5) is 0 Å². The Kier molecular flexibility index (Phi) is 5.30. The number of thiazole rings is 1. The largest absolute Gasteiger partial charge is 0.375 e. The van der Waals surface area contributed by atoms with Gasteiger partial charge in [0.15, 0.2) is 0 Å². The minimum Gasteiger partial charge on any atom is -0.375 e. The predicted octanol–water partition coefficient (Wildman–Crippen LogP) is 2.23.